The Kier molecular flexibility index (Phi) is 4.49. The monoisotopic (exact) mass is 389 g/mol. The van der Waals surface area contributed by atoms with Crippen LogP contribution >= 0.6 is 0 Å². The molecule has 0 unspecified atom stereocenters. The molecule has 0 saturated carbocycles. The molecular formula is C23H27N5O. The second-order valence-electron chi connectivity index (χ2n) is 8.26. The standard InChI is InChI=1S/C23H27N5O/c1-2-24-22(29)27-12-9-23(10-13-27)8-5-11-28-21(23)15-20(26-28)18-14-17-6-3-4-7-19(17)25-16-18/h3-4,6-7,14-16H,2,5,8-13H2,1H3,(H,24,29). The van der Waals surface area contributed by atoms with Crippen LogP contribution in [0.2, 0.25) is 0 Å². The Morgan fingerprint density at radius 3 is 2.79 bits per heavy atom. The molecule has 1 N–H and O–H groups in total. The first-order valence-electron chi connectivity index (χ1n) is 10.6. The molecule has 0 aliphatic carbocycles. The van der Waals surface area contributed by atoms with E-state index in [-0.39, 0.29) is 11.4 Å². The number of aromatic nitrogens is 3. The van der Waals surface area contributed by atoms with Gasteiger partial charge in [0.25, 0.3) is 0 Å². The smallest absolute Gasteiger partial charge is 0.317 e. The molecule has 0 atom stereocenters. The fraction of sp³-hybridized carbons (Fsp3) is 0.435. The number of hydrogen-bond acceptors (Lipinski definition) is 3. The van der Waals surface area contributed by atoms with Crippen molar-refractivity contribution in [1.29, 1.82) is 0 Å². The normalized spacial score (nSPS) is 18.0. The maximum Gasteiger partial charge on any atom is 0.317 e. The lowest BCUT2D eigenvalue weighted by molar-refractivity contribution is 0.139. The molecule has 1 fully saturated rings. The molecule has 150 valence electrons. The van der Waals surface area contributed by atoms with E-state index in [0.717, 1.165) is 61.1 Å². The topological polar surface area (TPSA) is 63.1 Å². The lowest BCUT2D eigenvalue weighted by atomic mass is 9.70. The molecule has 5 rings (SSSR count). The Hall–Kier alpha value is -2.89. The molecular weight excluding hydrogens is 362 g/mol. The summed E-state index contributed by atoms with van der Waals surface area (Å²) in [7, 11) is 0. The van der Waals surface area contributed by atoms with E-state index in [1.165, 1.54) is 12.1 Å². The Morgan fingerprint density at radius 2 is 1.97 bits per heavy atom. The predicted octanol–water partition coefficient (Wildman–Crippen LogP) is 3.96. The molecule has 4 heterocycles. The first kappa shape index (κ1) is 18.2. The van der Waals surface area contributed by atoms with Gasteiger partial charge in [0, 0.05) is 54.4 Å². The van der Waals surface area contributed by atoms with Crippen LogP contribution in [0.25, 0.3) is 22.2 Å². The van der Waals surface area contributed by atoms with Gasteiger partial charge in [0.15, 0.2) is 0 Å². The summed E-state index contributed by atoms with van der Waals surface area (Å²) in [6.45, 7) is 5.23. The van der Waals surface area contributed by atoms with Crippen molar-refractivity contribution in [2.45, 2.75) is 44.6 Å². The zero-order valence-corrected chi connectivity index (χ0v) is 16.9. The Morgan fingerprint density at radius 1 is 1.14 bits per heavy atom. The van der Waals surface area contributed by atoms with Gasteiger partial charge in [-0.25, -0.2) is 4.79 Å². The van der Waals surface area contributed by atoms with E-state index in [1.54, 1.807) is 0 Å². The highest BCUT2D eigenvalue weighted by Gasteiger charge is 2.41. The molecule has 0 bridgehead atoms. The highest BCUT2D eigenvalue weighted by molar-refractivity contribution is 5.82. The number of nitrogens with one attached hydrogen (secondary N) is 1. The first-order chi connectivity index (χ1) is 14.2. The van der Waals surface area contributed by atoms with E-state index >= 15 is 0 Å². The number of pyridine rings is 1. The molecule has 6 nitrogen and oxygen atoms in total. The van der Waals surface area contributed by atoms with Gasteiger partial charge in [0.05, 0.1) is 11.2 Å². The number of para-hydroxylation sites is 1. The minimum absolute atomic E-state index is 0.0644. The minimum Gasteiger partial charge on any atom is -0.338 e. The molecule has 2 amide bonds. The molecule has 2 aliphatic rings. The zero-order valence-electron chi connectivity index (χ0n) is 16.9. The van der Waals surface area contributed by atoms with Gasteiger partial charge in [0.1, 0.15) is 0 Å². The molecule has 3 aromatic rings. The maximum atomic E-state index is 12.2. The van der Waals surface area contributed by atoms with Gasteiger partial charge in [-0.15, -0.1) is 0 Å². The highest BCUT2D eigenvalue weighted by Crippen LogP contribution is 2.43. The fourth-order valence-electron chi connectivity index (χ4n) is 4.97. The summed E-state index contributed by atoms with van der Waals surface area (Å²) in [5.74, 6) is 0. The number of piperidine rings is 1. The highest BCUT2D eigenvalue weighted by atomic mass is 16.2. The number of carbonyl (C=O) groups excluding carboxylic acids is 1. The van der Waals surface area contributed by atoms with Gasteiger partial charge in [0.2, 0.25) is 0 Å². The first-order valence-corrected chi connectivity index (χ1v) is 10.6. The number of aryl methyl sites for hydroxylation is 1. The summed E-state index contributed by atoms with van der Waals surface area (Å²) in [6, 6.07) is 12.7. The lowest BCUT2D eigenvalue weighted by Gasteiger charge is -2.44. The molecule has 1 saturated heterocycles. The Bertz CT molecular complexity index is 1050. The number of carbonyl (C=O) groups is 1. The van der Waals surface area contributed by atoms with Crippen LogP contribution in [0.1, 0.15) is 38.3 Å². The van der Waals surface area contributed by atoms with Gasteiger partial charge >= 0.3 is 6.03 Å². The Labute approximate surface area is 170 Å². The van der Waals surface area contributed by atoms with Crippen LogP contribution in [-0.2, 0) is 12.0 Å². The van der Waals surface area contributed by atoms with Gasteiger partial charge in [-0.05, 0) is 50.8 Å². The van der Waals surface area contributed by atoms with Crippen LogP contribution in [0.15, 0.2) is 42.6 Å². The van der Waals surface area contributed by atoms with Crippen molar-refractivity contribution < 1.29 is 4.79 Å². The lowest BCUT2D eigenvalue weighted by Crippen LogP contribution is -2.50. The number of nitrogens with zero attached hydrogens (tertiary/aromatic N) is 4. The van der Waals surface area contributed by atoms with E-state index in [9.17, 15) is 4.79 Å². The predicted molar refractivity (Wildman–Crippen MR) is 114 cm³/mol. The van der Waals surface area contributed by atoms with Crippen molar-refractivity contribution in [1.82, 2.24) is 25.0 Å². The largest absolute Gasteiger partial charge is 0.338 e. The van der Waals surface area contributed by atoms with E-state index in [2.05, 4.69) is 33.2 Å². The summed E-state index contributed by atoms with van der Waals surface area (Å²) in [5.41, 5.74) is 4.56. The third-order valence-corrected chi connectivity index (χ3v) is 6.57. The number of urea groups is 1. The average molecular weight is 390 g/mol. The second kappa shape index (κ2) is 7.17. The fourth-order valence-corrected chi connectivity index (χ4v) is 4.97. The van der Waals surface area contributed by atoms with Crippen molar-refractivity contribution in [2.24, 2.45) is 0 Å². The molecule has 2 aliphatic heterocycles. The van der Waals surface area contributed by atoms with Crippen LogP contribution in [0, 0.1) is 0 Å². The summed E-state index contributed by atoms with van der Waals surface area (Å²) in [4.78, 5) is 18.8. The van der Waals surface area contributed by atoms with Gasteiger partial charge in [-0.2, -0.15) is 5.10 Å². The van der Waals surface area contributed by atoms with Crippen molar-refractivity contribution in [3.05, 3.63) is 48.3 Å². The summed E-state index contributed by atoms with van der Waals surface area (Å²) >= 11 is 0. The SMILES string of the molecule is CCNC(=O)N1CCC2(CCCn3nc(-c4cnc5ccccc5c4)cc32)CC1. The average Bonchev–Trinajstić information content (AvgIpc) is 3.20. The molecule has 29 heavy (non-hydrogen) atoms. The van der Waals surface area contributed by atoms with Crippen LogP contribution in [-0.4, -0.2) is 45.3 Å². The zero-order chi connectivity index (χ0) is 19.8. The number of amides is 2. The number of rotatable bonds is 2. The van der Waals surface area contributed by atoms with Crippen molar-refractivity contribution in [3.63, 3.8) is 0 Å². The maximum absolute atomic E-state index is 12.2. The summed E-state index contributed by atoms with van der Waals surface area (Å²) < 4.78 is 2.20. The third kappa shape index (κ3) is 3.16. The molecule has 2 aromatic heterocycles. The molecule has 6 heteroatoms. The quantitative estimate of drug-likeness (QED) is 0.722. The van der Waals surface area contributed by atoms with Crippen molar-refractivity contribution >= 4 is 16.9 Å². The van der Waals surface area contributed by atoms with Crippen LogP contribution in [0.3, 0.4) is 0 Å². The van der Waals surface area contributed by atoms with Crippen molar-refractivity contribution in [3.8, 4) is 11.3 Å². The molecule has 1 spiro atoms. The van der Waals surface area contributed by atoms with Crippen LogP contribution in [0.5, 0.6) is 0 Å². The molecule has 0 radical (unpaired) electrons. The van der Waals surface area contributed by atoms with Gasteiger partial charge in [-0.1, -0.05) is 18.2 Å². The summed E-state index contributed by atoms with van der Waals surface area (Å²) in [6.07, 6.45) is 6.26. The van der Waals surface area contributed by atoms with Gasteiger partial charge < -0.3 is 10.2 Å². The van der Waals surface area contributed by atoms with E-state index in [4.69, 9.17) is 5.10 Å². The van der Waals surface area contributed by atoms with Crippen LogP contribution in [0.4, 0.5) is 4.79 Å². The number of benzene rings is 1. The third-order valence-electron chi connectivity index (χ3n) is 6.57. The van der Waals surface area contributed by atoms with E-state index in [1.807, 2.05) is 36.2 Å². The number of likely N-dealkylation sites (tertiary alicyclic amines) is 1. The van der Waals surface area contributed by atoms with Crippen molar-refractivity contribution in [2.75, 3.05) is 19.6 Å². The Balaban J connectivity index is 1.44. The van der Waals surface area contributed by atoms with E-state index in [0.29, 0.717) is 6.54 Å². The summed E-state index contributed by atoms with van der Waals surface area (Å²) in [5, 5.41) is 9.01. The molecule has 1 aromatic carbocycles. The number of fused-ring (bicyclic) bond motifs is 3. The van der Waals surface area contributed by atoms with Gasteiger partial charge in [-0.3, -0.25) is 9.67 Å². The van der Waals surface area contributed by atoms with E-state index < -0.39 is 0 Å². The number of hydrogen-bond donors (Lipinski definition) is 1. The second-order valence-corrected chi connectivity index (χ2v) is 8.26. The minimum atomic E-state index is 0.0644. The van der Waals surface area contributed by atoms with Crippen LogP contribution < -0.4 is 5.32 Å².